The van der Waals surface area contributed by atoms with Gasteiger partial charge >= 0.3 is 12.3 Å². The van der Waals surface area contributed by atoms with E-state index in [4.69, 9.17) is 4.74 Å². The number of halogens is 5. The Hall–Kier alpha value is -4.29. The summed E-state index contributed by atoms with van der Waals surface area (Å²) in [4.78, 5) is 70.6. The summed E-state index contributed by atoms with van der Waals surface area (Å²) in [6.45, 7) is -0.0586. The normalized spacial score (nSPS) is 30.5. The van der Waals surface area contributed by atoms with Gasteiger partial charge in [-0.3, -0.25) is 28.8 Å². The van der Waals surface area contributed by atoms with E-state index < -0.39 is 131 Å². The number of alkyl halides is 5. The molecule has 0 bridgehead atoms. The third-order valence-electron chi connectivity index (χ3n) is 11.4. The number of fused-ring (bicyclic) bond motifs is 3. The fraction of sp³-hybridized carbons (Fsp3) is 0.629. The molecule has 6 aliphatic rings. The van der Waals surface area contributed by atoms with Crippen LogP contribution in [0.4, 0.5) is 26.7 Å². The predicted octanol–water partition coefficient (Wildman–Crippen LogP) is 3.18. The Bertz CT molecular complexity index is 1860. The Morgan fingerprint density at radius 3 is 2.22 bits per heavy atom. The van der Waals surface area contributed by atoms with Gasteiger partial charge in [0.2, 0.25) is 33.7 Å². The van der Waals surface area contributed by atoms with Crippen molar-refractivity contribution in [3.63, 3.8) is 0 Å². The van der Waals surface area contributed by atoms with Gasteiger partial charge in [0.1, 0.15) is 29.1 Å². The van der Waals surface area contributed by atoms with E-state index in [1.54, 1.807) is 12.1 Å². The Labute approximate surface area is 307 Å². The number of hydrogen-bond acceptors (Lipinski definition) is 8. The van der Waals surface area contributed by atoms with E-state index in [9.17, 15) is 45.6 Å². The molecule has 3 N–H and O–H groups in total. The van der Waals surface area contributed by atoms with Crippen LogP contribution in [0.15, 0.2) is 36.4 Å². The molecule has 294 valence electrons. The lowest BCUT2D eigenvalue weighted by Crippen LogP contribution is -2.59. The molecule has 19 heteroatoms. The van der Waals surface area contributed by atoms with Gasteiger partial charge in [0.25, 0.3) is 5.91 Å². The van der Waals surface area contributed by atoms with Crippen LogP contribution in [0.5, 0.6) is 0 Å². The summed E-state index contributed by atoms with van der Waals surface area (Å²) in [6.07, 6.45) is -7.74. The highest BCUT2D eigenvalue weighted by molar-refractivity contribution is 7.91. The van der Waals surface area contributed by atoms with Crippen molar-refractivity contribution in [1.29, 1.82) is 0 Å². The molecule has 0 spiro atoms. The van der Waals surface area contributed by atoms with Crippen molar-refractivity contribution in [2.24, 2.45) is 11.3 Å². The van der Waals surface area contributed by atoms with Gasteiger partial charge in [0, 0.05) is 38.3 Å². The van der Waals surface area contributed by atoms with Crippen LogP contribution >= 0.6 is 0 Å². The molecule has 54 heavy (non-hydrogen) atoms. The molecule has 3 heterocycles. The topological polar surface area (TPSA) is 171 Å². The number of rotatable bonds is 6. The fourth-order valence-electron chi connectivity index (χ4n) is 7.57. The first-order valence-electron chi connectivity index (χ1n) is 18.0. The first kappa shape index (κ1) is 38.0. The van der Waals surface area contributed by atoms with E-state index in [1.165, 1.54) is 17.1 Å². The number of sulfonamides is 1. The minimum absolute atomic E-state index is 0.0928. The van der Waals surface area contributed by atoms with Crippen molar-refractivity contribution in [3.8, 4) is 0 Å². The minimum Gasteiger partial charge on any atom is -0.444 e. The highest BCUT2D eigenvalue weighted by Gasteiger charge is 2.69. The highest BCUT2D eigenvalue weighted by atomic mass is 32.2. The maximum Gasteiger partial charge on any atom is 0.410 e. The van der Waals surface area contributed by atoms with Gasteiger partial charge in [0.05, 0.1) is 11.8 Å². The van der Waals surface area contributed by atoms with Gasteiger partial charge in [-0.05, 0) is 56.1 Å². The Morgan fingerprint density at radius 1 is 0.944 bits per heavy atom. The van der Waals surface area contributed by atoms with Crippen LogP contribution in [0, 0.1) is 11.3 Å². The summed E-state index contributed by atoms with van der Waals surface area (Å²) in [7, 11) is -4.08. The van der Waals surface area contributed by atoms with Crippen LogP contribution in [-0.4, -0.2) is 95.6 Å². The molecule has 0 aromatic heterocycles. The summed E-state index contributed by atoms with van der Waals surface area (Å²) < 4.78 is 105. The Morgan fingerprint density at radius 2 is 1.61 bits per heavy atom. The fourth-order valence-corrected chi connectivity index (χ4v) is 8.94. The van der Waals surface area contributed by atoms with Crippen molar-refractivity contribution < 1.29 is 59.1 Å². The van der Waals surface area contributed by atoms with Crippen molar-refractivity contribution in [3.05, 3.63) is 47.5 Å². The molecule has 5 amide bonds. The summed E-state index contributed by atoms with van der Waals surface area (Å²) in [5.41, 5.74) is -2.86. The number of carbonyl (C=O) groups is 5. The maximum absolute atomic E-state index is 15.2. The number of benzene rings is 1. The molecule has 7 rings (SSSR count). The summed E-state index contributed by atoms with van der Waals surface area (Å²) >= 11 is 0. The Kier molecular flexibility index (Phi) is 9.48. The standard InChI is InChI=1S/C35H40F5N5O8S/c36-33(37)11-4-3-7-22-16-34(22,30(49)43-54(51,52)24-8-9-24)42-27(46)26-15-23(53-31(50)44-17-20-5-1-2-6-21(20)18-44)19-45(26)28(47)25(10-12-33)41-29(48)32(13-14-32)35(38,39)40/h1-3,5-7,22-26H,4,8-19H2,(H,41,48)(H,42,46)(H,43,49)/t22-,23-,25+,26+,34-/m1/s1. The molecule has 1 aromatic carbocycles. The summed E-state index contributed by atoms with van der Waals surface area (Å²) in [5.74, 6) is -8.96. The predicted molar refractivity (Wildman–Crippen MR) is 177 cm³/mol. The third kappa shape index (κ3) is 7.39. The highest BCUT2D eigenvalue weighted by Crippen LogP contribution is 2.58. The lowest BCUT2D eigenvalue weighted by molar-refractivity contribution is -0.193. The number of nitrogens with one attached hydrogen (secondary N) is 3. The minimum atomic E-state index is -4.97. The van der Waals surface area contributed by atoms with Gasteiger partial charge in [-0.1, -0.05) is 36.4 Å². The largest absolute Gasteiger partial charge is 0.444 e. The lowest BCUT2D eigenvalue weighted by atomic mass is 10.00. The molecule has 0 unspecified atom stereocenters. The van der Waals surface area contributed by atoms with Crippen LogP contribution in [0.1, 0.15) is 75.3 Å². The van der Waals surface area contributed by atoms with E-state index in [1.807, 2.05) is 16.9 Å². The van der Waals surface area contributed by atoms with Crippen LogP contribution in [0.2, 0.25) is 0 Å². The first-order chi connectivity index (χ1) is 25.3. The quantitative estimate of drug-likeness (QED) is 0.292. The van der Waals surface area contributed by atoms with Crippen molar-refractivity contribution >= 4 is 39.7 Å². The second kappa shape index (κ2) is 13.5. The van der Waals surface area contributed by atoms with Crippen LogP contribution < -0.4 is 15.4 Å². The van der Waals surface area contributed by atoms with Crippen LogP contribution in [0.25, 0.3) is 0 Å². The molecule has 1 saturated heterocycles. The van der Waals surface area contributed by atoms with Crippen LogP contribution in [0.3, 0.4) is 0 Å². The Balaban J connectivity index is 1.18. The summed E-state index contributed by atoms with van der Waals surface area (Å²) in [5, 5.41) is 3.85. The van der Waals surface area contributed by atoms with E-state index in [0.29, 0.717) is 12.8 Å². The molecule has 3 aliphatic carbocycles. The van der Waals surface area contributed by atoms with E-state index in [0.717, 1.165) is 16.0 Å². The molecule has 0 radical (unpaired) electrons. The SMILES string of the molecule is O=C1N[C@]2(C(=O)NS(=O)(=O)C3CC3)C[C@H]2C=CCCC(F)(F)CC[C@H](NC(=O)C2(C(F)(F)F)CC2)C(=O)N2C[C@H](OC(=O)N3Cc4ccccc4C3)C[C@@H]12. The van der Waals surface area contributed by atoms with Crippen LogP contribution in [-0.2, 0) is 47.0 Å². The van der Waals surface area contributed by atoms with Gasteiger partial charge in [0.15, 0.2) is 0 Å². The van der Waals surface area contributed by atoms with Crippen molar-refractivity contribution in [1.82, 2.24) is 25.2 Å². The van der Waals surface area contributed by atoms with Gasteiger partial charge in [-0.2, -0.15) is 13.2 Å². The molecule has 3 aliphatic heterocycles. The summed E-state index contributed by atoms with van der Waals surface area (Å²) in [6, 6.07) is 3.81. The number of hydrogen-bond donors (Lipinski definition) is 3. The zero-order valence-corrected chi connectivity index (χ0v) is 29.8. The number of ether oxygens (including phenoxy) is 1. The second-order valence-corrected chi connectivity index (χ2v) is 17.2. The van der Waals surface area contributed by atoms with E-state index in [-0.39, 0.29) is 32.4 Å². The third-order valence-corrected chi connectivity index (χ3v) is 13.2. The van der Waals surface area contributed by atoms with Crippen molar-refractivity contribution in [2.75, 3.05) is 6.54 Å². The van der Waals surface area contributed by atoms with Gasteiger partial charge in [-0.25, -0.2) is 22.0 Å². The number of amides is 5. The number of carbonyl (C=O) groups excluding carboxylic acids is 5. The van der Waals surface area contributed by atoms with Crippen molar-refractivity contribution in [2.45, 2.75) is 118 Å². The molecule has 4 fully saturated rings. The second-order valence-electron chi connectivity index (χ2n) is 15.3. The molecular weight excluding hydrogens is 745 g/mol. The monoisotopic (exact) mass is 785 g/mol. The van der Waals surface area contributed by atoms with E-state index >= 15 is 8.78 Å². The number of allylic oxidation sites excluding steroid dienone is 1. The van der Waals surface area contributed by atoms with Gasteiger partial charge < -0.3 is 20.3 Å². The average Bonchev–Trinajstić information content (AvgIpc) is 4.03. The number of nitrogens with zero attached hydrogens (tertiary/aromatic N) is 2. The smallest absolute Gasteiger partial charge is 0.410 e. The molecule has 3 saturated carbocycles. The van der Waals surface area contributed by atoms with E-state index in [2.05, 4.69) is 10.6 Å². The first-order valence-corrected chi connectivity index (χ1v) is 19.5. The molecular formula is C35H40F5N5O8S. The lowest BCUT2D eigenvalue weighted by Gasteiger charge is -2.31. The molecule has 1 aromatic rings. The zero-order valence-electron chi connectivity index (χ0n) is 29.0. The van der Waals surface area contributed by atoms with Gasteiger partial charge in [-0.15, -0.1) is 0 Å². The maximum atomic E-state index is 15.2. The molecule has 5 atom stereocenters. The average molecular weight is 786 g/mol. The zero-order chi connectivity index (χ0) is 38.8. The molecule has 13 nitrogen and oxygen atoms in total.